The van der Waals surface area contributed by atoms with Gasteiger partial charge in [0.1, 0.15) is 0 Å². The summed E-state index contributed by atoms with van der Waals surface area (Å²) in [5, 5.41) is 7.11. The minimum atomic E-state index is -4.23. The molecule has 20 heteroatoms. The van der Waals surface area contributed by atoms with Crippen molar-refractivity contribution in [2.75, 3.05) is 83.1 Å². The van der Waals surface area contributed by atoms with Crippen LogP contribution in [0.15, 0.2) is 76.5 Å². The highest BCUT2D eigenvalue weighted by Gasteiger charge is 2.23. The number of hydrogen-bond donors (Lipinski definition) is 6. The third kappa shape index (κ3) is 11.4. The molecule has 2 saturated heterocycles. The lowest BCUT2D eigenvalue weighted by atomic mass is 10.2. The lowest BCUT2D eigenvalue weighted by Crippen LogP contribution is -2.28. The number of halogens is 6. The van der Waals surface area contributed by atoms with Gasteiger partial charge in [-0.2, -0.15) is 0 Å². The molecule has 0 aliphatic carbocycles. The van der Waals surface area contributed by atoms with Gasteiger partial charge in [-0.3, -0.25) is 9.44 Å². The highest BCUT2D eigenvalue weighted by Crippen LogP contribution is 2.31. The molecule has 0 atom stereocenters. The Kier molecular flexibility index (Phi) is 16.4. The van der Waals surface area contributed by atoms with Gasteiger partial charge in [-0.1, -0.05) is 17.7 Å². The van der Waals surface area contributed by atoms with Crippen molar-refractivity contribution in [2.45, 2.75) is 29.6 Å². The standard InChI is InChI=1S/C18H23ClN4O2S.C17H19F3N4O2S.2ClH/c1-13-15(19)4-2-5-17(13)22-26(24,25)14-6-7-18(16(20)12-14)23-10-3-8-21-9-11-23;18-12-3-4-14(17(20)16(12)19)23-27(25,26)11-2-5-15(13(21)10-11)24-8-1-6-22-7-9-24;;/h2,4-7,12,21-22H,3,8-11,20H2,1H3;2-5,10,22-23H,1,6-9,21H2;2*1H. The molecule has 302 valence electrons. The molecule has 2 fully saturated rings. The number of nitrogens with two attached hydrogens (primary N) is 2. The normalized spacial score (nSPS) is 14.9. The third-order valence-electron chi connectivity index (χ3n) is 8.77. The lowest BCUT2D eigenvalue weighted by Gasteiger charge is -2.24. The predicted molar refractivity (Wildman–Crippen MR) is 220 cm³/mol. The monoisotopic (exact) mass is 866 g/mol. The summed E-state index contributed by atoms with van der Waals surface area (Å²) in [6.45, 7) is 8.56. The summed E-state index contributed by atoms with van der Waals surface area (Å²) in [5.74, 6) is -4.77. The van der Waals surface area contributed by atoms with Gasteiger partial charge in [-0.25, -0.2) is 30.0 Å². The Labute approximate surface area is 337 Å². The van der Waals surface area contributed by atoms with Gasteiger partial charge in [0.25, 0.3) is 20.0 Å². The van der Waals surface area contributed by atoms with Crippen molar-refractivity contribution in [3.05, 3.63) is 94.8 Å². The average molecular weight is 868 g/mol. The van der Waals surface area contributed by atoms with Crippen molar-refractivity contribution in [3.8, 4) is 0 Å². The average Bonchev–Trinajstić information content (AvgIpc) is 3.57. The number of nitrogens with zero attached hydrogens (tertiary/aromatic N) is 2. The maximum Gasteiger partial charge on any atom is 0.262 e. The SMILES string of the molecule is Cc1c(Cl)cccc1NS(=O)(=O)c1ccc(N2CCCNCC2)c(N)c1.Cl.Cl.Nc1cc(S(=O)(=O)Nc2ccc(F)c(F)c2F)ccc1N1CCCNCC1. The fourth-order valence-electron chi connectivity index (χ4n) is 5.88. The molecule has 8 N–H and O–H groups in total. The Morgan fingerprint density at radius 2 is 1.15 bits per heavy atom. The smallest absolute Gasteiger partial charge is 0.262 e. The molecule has 0 amide bonds. The summed E-state index contributed by atoms with van der Waals surface area (Å²) in [5.41, 5.74) is 14.9. The van der Waals surface area contributed by atoms with Gasteiger partial charge in [0.05, 0.1) is 43.9 Å². The first-order valence-corrected chi connectivity index (χ1v) is 20.2. The third-order valence-corrected chi connectivity index (χ3v) is 11.9. The fourth-order valence-corrected chi connectivity index (χ4v) is 8.31. The molecule has 2 heterocycles. The van der Waals surface area contributed by atoms with Crippen LogP contribution in [0.5, 0.6) is 0 Å². The quantitative estimate of drug-likeness (QED) is 0.0917. The van der Waals surface area contributed by atoms with Crippen LogP contribution in [0, 0.1) is 24.4 Å². The number of anilines is 6. The maximum absolute atomic E-state index is 13.8. The zero-order valence-electron chi connectivity index (χ0n) is 29.7. The van der Waals surface area contributed by atoms with Crippen LogP contribution in [0.1, 0.15) is 18.4 Å². The Balaban J connectivity index is 0.000000285. The van der Waals surface area contributed by atoms with Crippen LogP contribution in [0.3, 0.4) is 0 Å². The largest absolute Gasteiger partial charge is 0.397 e. The molecule has 2 aliphatic rings. The van der Waals surface area contributed by atoms with Crippen molar-refractivity contribution < 1.29 is 30.0 Å². The first-order chi connectivity index (χ1) is 25.2. The highest BCUT2D eigenvalue weighted by atomic mass is 35.5. The van der Waals surface area contributed by atoms with E-state index in [-0.39, 0.29) is 40.3 Å². The van der Waals surface area contributed by atoms with Crippen LogP contribution in [-0.4, -0.2) is 69.2 Å². The zero-order valence-corrected chi connectivity index (χ0v) is 33.8. The van der Waals surface area contributed by atoms with E-state index in [1.807, 2.05) is 9.62 Å². The van der Waals surface area contributed by atoms with Crippen LogP contribution >= 0.6 is 36.4 Å². The summed E-state index contributed by atoms with van der Waals surface area (Å²) in [6.07, 6.45) is 1.95. The second kappa shape index (κ2) is 19.8. The molecule has 6 rings (SSSR count). The number of benzene rings is 4. The van der Waals surface area contributed by atoms with E-state index in [1.54, 1.807) is 43.3 Å². The molecule has 0 saturated carbocycles. The van der Waals surface area contributed by atoms with Crippen LogP contribution in [0.4, 0.5) is 47.3 Å². The van der Waals surface area contributed by atoms with E-state index in [4.69, 9.17) is 23.1 Å². The number of nitrogen functional groups attached to an aromatic ring is 2. The van der Waals surface area contributed by atoms with E-state index >= 15 is 0 Å². The number of nitrogens with one attached hydrogen (secondary N) is 4. The zero-order chi connectivity index (χ0) is 38.3. The minimum Gasteiger partial charge on any atom is -0.397 e. The molecule has 0 spiro atoms. The van der Waals surface area contributed by atoms with Gasteiger partial charge in [0.15, 0.2) is 17.5 Å². The van der Waals surface area contributed by atoms with Gasteiger partial charge in [0, 0.05) is 44.3 Å². The summed E-state index contributed by atoms with van der Waals surface area (Å²) >= 11 is 6.07. The van der Waals surface area contributed by atoms with E-state index in [1.165, 1.54) is 18.2 Å². The summed E-state index contributed by atoms with van der Waals surface area (Å²) < 4.78 is 95.0. The Bertz CT molecular complexity index is 2160. The fraction of sp³-hybridized carbons (Fsp3) is 0.314. The van der Waals surface area contributed by atoms with Gasteiger partial charge < -0.3 is 31.9 Å². The first kappa shape index (κ1) is 45.5. The molecule has 0 bridgehead atoms. The van der Waals surface area contributed by atoms with E-state index in [9.17, 15) is 30.0 Å². The van der Waals surface area contributed by atoms with Crippen molar-refractivity contribution >= 4 is 90.6 Å². The van der Waals surface area contributed by atoms with Gasteiger partial charge >= 0.3 is 0 Å². The van der Waals surface area contributed by atoms with Crippen molar-refractivity contribution in [2.24, 2.45) is 0 Å². The molecular formula is C35H44Cl3F3N8O4S2. The van der Waals surface area contributed by atoms with E-state index in [0.717, 1.165) is 77.0 Å². The van der Waals surface area contributed by atoms with Gasteiger partial charge in [-0.05, 0) is 99.1 Å². The molecule has 2 aliphatic heterocycles. The van der Waals surface area contributed by atoms with Crippen LogP contribution < -0.4 is 41.3 Å². The Morgan fingerprint density at radius 1 is 0.655 bits per heavy atom. The summed E-state index contributed by atoms with van der Waals surface area (Å²) in [7, 11) is -7.98. The molecular weight excluding hydrogens is 824 g/mol. The summed E-state index contributed by atoms with van der Waals surface area (Å²) in [4.78, 5) is 4.15. The summed E-state index contributed by atoms with van der Waals surface area (Å²) in [6, 6.07) is 15.6. The second-order valence-corrected chi connectivity index (χ2v) is 16.2. The van der Waals surface area contributed by atoms with Crippen molar-refractivity contribution in [3.63, 3.8) is 0 Å². The number of sulfonamides is 2. The molecule has 0 aromatic heterocycles. The topological polar surface area (TPSA) is 175 Å². The molecule has 12 nitrogen and oxygen atoms in total. The molecule has 4 aromatic carbocycles. The van der Waals surface area contributed by atoms with E-state index < -0.39 is 43.2 Å². The maximum atomic E-state index is 13.8. The highest BCUT2D eigenvalue weighted by molar-refractivity contribution is 7.93. The van der Waals surface area contributed by atoms with Gasteiger partial charge in [-0.15, -0.1) is 24.8 Å². The van der Waals surface area contributed by atoms with Crippen LogP contribution in [-0.2, 0) is 20.0 Å². The number of rotatable bonds is 8. The molecule has 55 heavy (non-hydrogen) atoms. The second-order valence-electron chi connectivity index (χ2n) is 12.5. The van der Waals surface area contributed by atoms with Crippen LogP contribution in [0.25, 0.3) is 0 Å². The number of hydrogen-bond acceptors (Lipinski definition) is 10. The lowest BCUT2D eigenvalue weighted by molar-refractivity contribution is 0.449. The Morgan fingerprint density at radius 3 is 1.64 bits per heavy atom. The molecule has 4 aromatic rings. The Hall–Kier alpha value is -3.84. The molecule has 0 unspecified atom stereocenters. The first-order valence-electron chi connectivity index (χ1n) is 16.8. The van der Waals surface area contributed by atoms with Crippen molar-refractivity contribution in [1.82, 2.24) is 10.6 Å². The van der Waals surface area contributed by atoms with Crippen LogP contribution in [0.2, 0.25) is 5.02 Å². The van der Waals surface area contributed by atoms with Crippen molar-refractivity contribution in [1.29, 1.82) is 0 Å². The van der Waals surface area contributed by atoms with Gasteiger partial charge in [0.2, 0.25) is 0 Å². The van der Waals surface area contributed by atoms with E-state index in [2.05, 4.69) is 20.3 Å². The van der Waals surface area contributed by atoms with E-state index in [0.29, 0.717) is 33.7 Å². The predicted octanol–water partition coefficient (Wildman–Crippen LogP) is 5.96. The minimum absolute atomic E-state index is 0. The molecule has 0 radical (unpaired) electrons.